The molecule has 0 radical (unpaired) electrons. The number of rotatable bonds is 7. The van der Waals surface area contributed by atoms with Gasteiger partial charge in [0.2, 0.25) is 11.8 Å². The summed E-state index contributed by atoms with van der Waals surface area (Å²) in [5.41, 5.74) is 4.88. The zero-order valence-electron chi connectivity index (χ0n) is 26.0. The summed E-state index contributed by atoms with van der Waals surface area (Å²) in [6.07, 6.45) is 9.67. The topological polar surface area (TPSA) is 114 Å². The highest BCUT2D eigenvalue weighted by molar-refractivity contribution is 6.08. The SMILES string of the molecule is CC(=O)c1cn(CC(=O)N2[C@H](C(=O)N[C@@H](C)C(F)=C(C)C)C[C@@]3(C)C=C[C@@H]23)c2c(C)nc(-c3cnc4cc(C)nn4c3)cc12. The summed E-state index contributed by atoms with van der Waals surface area (Å²) in [4.78, 5) is 51.2. The van der Waals surface area contributed by atoms with Gasteiger partial charge in [-0.1, -0.05) is 19.1 Å². The fourth-order valence-electron chi connectivity index (χ4n) is 6.60. The van der Waals surface area contributed by atoms with Crippen molar-refractivity contribution in [1.29, 1.82) is 0 Å². The Morgan fingerprint density at radius 2 is 1.91 bits per heavy atom. The van der Waals surface area contributed by atoms with Gasteiger partial charge in [-0.2, -0.15) is 5.10 Å². The molecule has 1 saturated heterocycles. The molecule has 5 heterocycles. The highest BCUT2D eigenvalue weighted by atomic mass is 19.1. The van der Waals surface area contributed by atoms with Gasteiger partial charge in [-0.3, -0.25) is 19.4 Å². The summed E-state index contributed by atoms with van der Waals surface area (Å²) in [6, 6.07) is 1.92. The second kappa shape index (κ2) is 10.5. The van der Waals surface area contributed by atoms with Crippen molar-refractivity contribution in [3.8, 4) is 11.3 Å². The third-order valence-electron chi connectivity index (χ3n) is 8.86. The number of nitrogens with zero attached hydrogens (tertiary/aromatic N) is 6. The minimum absolute atomic E-state index is 0.0895. The number of carbonyl (C=O) groups excluding carboxylic acids is 3. The van der Waals surface area contributed by atoms with E-state index in [0.29, 0.717) is 39.8 Å². The van der Waals surface area contributed by atoms with Gasteiger partial charge in [-0.25, -0.2) is 13.9 Å². The van der Waals surface area contributed by atoms with E-state index in [9.17, 15) is 18.8 Å². The van der Waals surface area contributed by atoms with Crippen LogP contribution in [0.25, 0.3) is 27.8 Å². The first-order valence-electron chi connectivity index (χ1n) is 14.7. The third-order valence-corrected chi connectivity index (χ3v) is 8.86. The van der Waals surface area contributed by atoms with Gasteiger partial charge in [-0.05, 0) is 59.6 Å². The molecule has 1 aliphatic carbocycles. The van der Waals surface area contributed by atoms with Gasteiger partial charge in [0.15, 0.2) is 11.4 Å². The Balaban J connectivity index is 1.34. The van der Waals surface area contributed by atoms with E-state index in [0.717, 1.165) is 16.9 Å². The van der Waals surface area contributed by atoms with Crippen molar-refractivity contribution in [2.75, 3.05) is 0 Å². The van der Waals surface area contributed by atoms with Crippen molar-refractivity contribution >= 4 is 34.1 Å². The predicted octanol–water partition coefficient (Wildman–Crippen LogP) is 4.88. The largest absolute Gasteiger partial charge is 0.345 e. The number of aromatic nitrogens is 5. The Morgan fingerprint density at radius 3 is 2.57 bits per heavy atom. The molecular weight excluding hydrogens is 561 g/mol. The van der Waals surface area contributed by atoms with Crippen molar-refractivity contribution in [1.82, 2.24) is 34.4 Å². The van der Waals surface area contributed by atoms with Gasteiger partial charge in [0.05, 0.1) is 34.7 Å². The Morgan fingerprint density at radius 1 is 1.16 bits per heavy atom. The Bertz CT molecular complexity index is 1930. The van der Waals surface area contributed by atoms with E-state index in [4.69, 9.17) is 4.98 Å². The van der Waals surface area contributed by atoms with Crippen molar-refractivity contribution < 1.29 is 18.8 Å². The van der Waals surface area contributed by atoms with Crippen molar-refractivity contribution in [3.63, 3.8) is 0 Å². The van der Waals surface area contributed by atoms with E-state index in [2.05, 4.69) is 15.4 Å². The zero-order chi connectivity index (χ0) is 31.7. The van der Waals surface area contributed by atoms with Crippen LogP contribution in [0.5, 0.6) is 0 Å². The molecule has 0 saturated carbocycles. The summed E-state index contributed by atoms with van der Waals surface area (Å²) in [7, 11) is 0. The second-order valence-corrected chi connectivity index (χ2v) is 12.6. The number of aryl methyl sites for hydroxylation is 2. The highest BCUT2D eigenvalue weighted by Crippen LogP contribution is 2.48. The van der Waals surface area contributed by atoms with E-state index in [-0.39, 0.29) is 35.6 Å². The number of hydrogen-bond acceptors (Lipinski definition) is 6. The smallest absolute Gasteiger partial charge is 0.243 e. The molecule has 44 heavy (non-hydrogen) atoms. The molecular formula is C33H36FN7O3. The van der Waals surface area contributed by atoms with Crippen LogP contribution in [-0.2, 0) is 16.1 Å². The maximum Gasteiger partial charge on any atom is 0.243 e. The fourth-order valence-corrected chi connectivity index (χ4v) is 6.60. The van der Waals surface area contributed by atoms with Crippen molar-refractivity contribution in [2.24, 2.45) is 5.41 Å². The molecule has 1 N–H and O–H groups in total. The van der Waals surface area contributed by atoms with Gasteiger partial charge < -0.3 is 14.8 Å². The predicted molar refractivity (Wildman–Crippen MR) is 165 cm³/mol. The number of halogens is 1. The molecule has 0 aromatic carbocycles. The van der Waals surface area contributed by atoms with Gasteiger partial charge >= 0.3 is 0 Å². The number of Topliss-reactive ketones (excluding diaryl/α,β-unsaturated/α-hetero) is 1. The third kappa shape index (κ3) is 4.80. The zero-order valence-corrected chi connectivity index (χ0v) is 26.0. The number of pyridine rings is 1. The Labute approximate surface area is 254 Å². The van der Waals surface area contributed by atoms with Gasteiger partial charge in [-0.15, -0.1) is 0 Å². The lowest BCUT2D eigenvalue weighted by molar-refractivity contribution is -0.140. The maximum atomic E-state index is 14.5. The number of fused-ring (bicyclic) bond motifs is 3. The summed E-state index contributed by atoms with van der Waals surface area (Å²) in [5.74, 6) is -1.19. The van der Waals surface area contributed by atoms with Crippen LogP contribution < -0.4 is 5.32 Å². The summed E-state index contributed by atoms with van der Waals surface area (Å²) < 4.78 is 18.0. The number of likely N-dealkylation sites (tertiary alicyclic amines) is 1. The molecule has 4 aromatic rings. The normalized spacial score (nSPS) is 21.3. The molecule has 1 aliphatic heterocycles. The number of amides is 2. The molecule has 10 nitrogen and oxygen atoms in total. The number of ketones is 1. The molecule has 2 aliphatic rings. The first-order chi connectivity index (χ1) is 20.8. The van der Waals surface area contributed by atoms with E-state index in [1.807, 2.05) is 51.3 Å². The minimum Gasteiger partial charge on any atom is -0.345 e. The molecule has 4 aromatic heterocycles. The van der Waals surface area contributed by atoms with Crippen LogP contribution in [0.3, 0.4) is 0 Å². The minimum atomic E-state index is -0.800. The van der Waals surface area contributed by atoms with Gasteiger partial charge in [0.25, 0.3) is 0 Å². The Kier molecular flexibility index (Phi) is 7.02. The lowest BCUT2D eigenvalue weighted by atomic mass is 9.73. The van der Waals surface area contributed by atoms with Crippen LogP contribution in [0, 0.1) is 19.3 Å². The average molecular weight is 598 g/mol. The lowest BCUT2D eigenvalue weighted by Crippen LogP contribution is -2.52. The lowest BCUT2D eigenvalue weighted by Gasteiger charge is -2.38. The quantitative estimate of drug-likeness (QED) is 0.240. The van der Waals surface area contributed by atoms with E-state index in [1.165, 1.54) is 6.92 Å². The van der Waals surface area contributed by atoms with Crippen molar-refractivity contribution in [3.05, 3.63) is 71.2 Å². The highest BCUT2D eigenvalue weighted by Gasteiger charge is 2.55. The Hall–Kier alpha value is -4.67. The van der Waals surface area contributed by atoms with Crippen LogP contribution in [0.15, 0.2) is 54.3 Å². The monoisotopic (exact) mass is 597 g/mol. The molecule has 11 heteroatoms. The van der Waals surface area contributed by atoms with Gasteiger partial charge in [0, 0.05) is 46.6 Å². The molecule has 228 valence electrons. The number of allylic oxidation sites excluding steroid dienone is 1. The van der Waals surface area contributed by atoms with E-state index < -0.39 is 17.9 Å². The van der Waals surface area contributed by atoms with Crippen LogP contribution in [-0.4, -0.2) is 64.8 Å². The second-order valence-electron chi connectivity index (χ2n) is 12.6. The maximum absolute atomic E-state index is 14.5. The molecule has 0 spiro atoms. The standard InChI is InChI=1S/C33H36FN7O3/c1-17(2)30(34)19(4)37-32(44)26-12-33(7)9-8-27(33)41(26)29(43)16-39-15-24(21(6)42)23-11-25(36-20(5)31(23)39)22-13-35-28-10-18(3)38-40(28)14-22/h8-11,13-15,19,26-27H,12,16H2,1-7H3,(H,37,44)/t19-,26-,27+,33+/m0/s1. The molecule has 6 rings (SSSR count). The van der Waals surface area contributed by atoms with Crippen molar-refractivity contribution in [2.45, 2.75) is 79.6 Å². The number of nitrogens with one attached hydrogen (secondary N) is 1. The average Bonchev–Trinajstić information content (AvgIpc) is 3.58. The molecule has 4 atom stereocenters. The molecule has 1 fully saturated rings. The first-order valence-corrected chi connectivity index (χ1v) is 14.7. The molecule has 2 amide bonds. The summed E-state index contributed by atoms with van der Waals surface area (Å²) in [5, 5.41) is 7.89. The number of carbonyl (C=O) groups is 3. The molecule has 0 bridgehead atoms. The van der Waals surface area contributed by atoms with Gasteiger partial charge in [0.1, 0.15) is 18.4 Å². The van der Waals surface area contributed by atoms with Crippen LogP contribution in [0.1, 0.15) is 62.8 Å². The molecule has 0 unspecified atom stereocenters. The number of hydrogen-bond donors (Lipinski definition) is 1. The summed E-state index contributed by atoms with van der Waals surface area (Å²) in [6.45, 7) is 12.1. The van der Waals surface area contributed by atoms with Crippen LogP contribution in [0.4, 0.5) is 4.39 Å². The first kappa shape index (κ1) is 29.4. The van der Waals surface area contributed by atoms with Crippen LogP contribution >= 0.6 is 0 Å². The van der Waals surface area contributed by atoms with Crippen LogP contribution in [0.2, 0.25) is 0 Å². The van der Waals surface area contributed by atoms with E-state index in [1.54, 1.807) is 47.1 Å². The summed E-state index contributed by atoms with van der Waals surface area (Å²) >= 11 is 0. The van der Waals surface area contributed by atoms with E-state index >= 15 is 0 Å². The fraction of sp³-hybridized carbons (Fsp3) is 0.394.